The molecule has 5 heteroatoms. The second kappa shape index (κ2) is 6.70. The topological polar surface area (TPSA) is 49.8 Å². The predicted octanol–water partition coefficient (Wildman–Crippen LogP) is 2.21. The zero-order valence-electron chi connectivity index (χ0n) is 11.6. The lowest BCUT2D eigenvalue weighted by atomic mass is 9.90. The Morgan fingerprint density at radius 1 is 1.50 bits per heavy atom. The van der Waals surface area contributed by atoms with Gasteiger partial charge in [-0.05, 0) is 37.8 Å². The van der Waals surface area contributed by atoms with Gasteiger partial charge in [-0.25, -0.2) is 4.39 Å². The van der Waals surface area contributed by atoms with Crippen LogP contribution < -0.4 is 4.74 Å². The number of halogens is 1. The first-order valence-corrected chi connectivity index (χ1v) is 6.93. The SMILES string of the molecule is COc1cccc(F)c1C(=O)N(CCCO)C1CCC1. The van der Waals surface area contributed by atoms with Crippen LogP contribution in [-0.4, -0.2) is 42.2 Å². The normalized spacial score (nSPS) is 14.8. The van der Waals surface area contributed by atoms with E-state index in [1.165, 1.54) is 19.2 Å². The fourth-order valence-corrected chi connectivity index (χ4v) is 2.41. The van der Waals surface area contributed by atoms with Crippen molar-refractivity contribution in [1.82, 2.24) is 4.90 Å². The minimum atomic E-state index is -0.567. The largest absolute Gasteiger partial charge is 0.496 e. The summed E-state index contributed by atoms with van der Waals surface area (Å²) >= 11 is 0. The van der Waals surface area contributed by atoms with Gasteiger partial charge in [0.1, 0.15) is 17.1 Å². The van der Waals surface area contributed by atoms with E-state index in [1.54, 1.807) is 11.0 Å². The van der Waals surface area contributed by atoms with Gasteiger partial charge in [-0.2, -0.15) is 0 Å². The molecule has 0 atom stereocenters. The molecule has 1 aliphatic carbocycles. The molecule has 2 rings (SSSR count). The summed E-state index contributed by atoms with van der Waals surface area (Å²) in [7, 11) is 1.42. The van der Waals surface area contributed by atoms with Crippen LogP contribution in [0.2, 0.25) is 0 Å². The molecule has 0 unspecified atom stereocenters. The van der Waals surface area contributed by atoms with Crippen LogP contribution in [0.1, 0.15) is 36.0 Å². The first-order valence-electron chi connectivity index (χ1n) is 6.93. The molecule has 0 aromatic heterocycles. The molecule has 0 radical (unpaired) electrons. The lowest BCUT2D eigenvalue weighted by molar-refractivity contribution is 0.0554. The van der Waals surface area contributed by atoms with Crippen LogP contribution in [0.4, 0.5) is 4.39 Å². The molecule has 1 aromatic carbocycles. The highest BCUT2D eigenvalue weighted by molar-refractivity contribution is 5.97. The van der Waals surface area contributed by atoms with Crippen LogP contribution >= 0.6 is 0 Å². The summed E-state index contributed by atoms with van der Waals surface area (Å²) in [5.74, 6) is -0.663. The molecule has 0 bridgehead atoms. The number of hydrogen-bond donors (Lipinski definition) is 1. The van der Waals surface area contributed by atoms with Crippen LogP contribution in [0, 0.1) is 5.82 Å². The third-order valence-corrected chi connectivity index (χ3v) is 3.74. The summed E-state index contributed by atoms with van der Waals surface area (Å²) in [6.07, 6.45) is 3.46. The number of ether oxygens (including phenoxy) is 1. The number of hydrogen-bond acceptors (Lipinski definition) is 3. The molecule has 0 saturated heterocycles. The lowest BCUT2D eigenvalue weighted by Crippen LogP contribution is -2.45. The monoisotopic (exact) mass is 281 g/mol. The Kier molecular flexibility index (Phi) is 4.95. The fourth-order valence-electron chi connectivity index (χ4n) is 2.41. The number of nitrogens with zero attached hydrogens (tertiary/aromatic N) is 1. The second-order valence-corrected chi connectivity index (χ2v) is 4.98. The molecular weight excluding hydrogens is 261 g/mol. The Bertz CT molecular complexity index is 474. The molecule has 1 fully saturated rings. The number of benzene rings is 1. The minimum absolute atomic E-state index is 0.0140. The van der Waals surface area contributed by atoms with E-state index in [1.807, 2.05) is 0 Å². The molecule has 1 saturated carbocycles. The number of methoxy groups -OCH3 is 1. The van der Waals surface area contributed by atoms with E-state index in [9.17, 15) is 9.18 Å². The van der Waals surface area contributed by atoms with Gasteiger partial charge in [0.25, 0.3) is 5.91 Å². The van der Waals surface area contributed by atoms with Crippen molar-refractivity contribution >= 4 is 5.91 Å². The number of aliphatic hydroxyl groups is 1. The van der Waals surface area contributed by atoms with Gasteiger partial charge in [0.05, 0.1) is 7.11 Å². The van der Waals surface area contributed by atoms with Crippen molar-refractivity contribution in [3.05, 3.63) is 29.6 Å². The third-order valence-electron chi connectivity index (χ3n) is 3.74. The van der Waals surface area contributed by atoms with Crippen molar-refractivity contribution in [2.24, 2.45) is 0 Å². The summed E-state index contributed by atoms with van der Waals surface area (Å²) in [5, 5.41) is 8.96. The zero-order chi connectivity index (χ0) is 14.5. The molecule has 1 N–H and O–H groups in total. The molecule has 4 nitrogen and oxygen atoms in total. The van der Waals surface area contributed by atoms with Crippen LogP contribution in [0.25, 0.3) is 0 Å². The van der Waals surface area contributed by atoms with Gasteiger partial charge < -0.3 is 14.7 Å². The maximum atomic E-state index is 14.0. The highest BCUT2D eigenvalue weighted by atomic mass is 19.1. The number of carbonyl (C=O) groups excluding carboxylic acids is 1. The average molecular weight is 281 g/mol. The van der Waals surface area contributed by atoms with E-state index in [0.717, 1.165) is 19.3 Å². The zero-order valence-corrected chi connectivity index (χ0v) is 11.6. The molecular formula is C15H20FNO3. The summed E-state index contributed by atoms with van der Waals surface area (Å²) in [6.45, 7) is 0.461. The number of aliphatic hydroxyl groups excluding tert-OH is 1. The second-order valence-electron chi connectivity index (χ2n) is 4.98. The van der Waals surface area contributed by atoms with Crippen LogP contribution in [-0.2, 0) is 0 Å². The van der Waals surface area contributed by atoms with E-state index in [-0.39, 0.29) is 29.9 Å². The van der Waals surface area contributed by atoms with Gasteiger partial charge in [0, 0.05) is 19.2 Å². The number of carbonyl (C=O) groups is 1. The number of rotatable bonds is 6. The molecule has 0 spiro atoms. The minimum Gasteiger partial charge on any atom is -0.496 e. The smallest absolute Gasteiger partial charge is 0.260 e. The van der Waals surface area contributed by atoms with Crippen molar-refractivity contribution in [3.63, 3.8) is 0 Å². The Balaban J connectivity index is 2.26. The quantitative estimate of drug-likeness (QED) is 0.869. The molecule has 110 valence electrons. The molecule has 0 aliphatic heterocycles. The van der Waals surface area contributed by atoms with Gasteiger partial charge >= 0.3 is 0 Å². The summed E-state index contributed by atoms with van der Waals surface area (Å²) in [6, 6.07) is 4.52. The molecule has 1 aliphatic rings. The van der Waals surface area contributed by atoms with Gasteiger partial charge in [-0.1, -0.05) is 6.07 Å². The van der Waals surface area contributed by atoms with Crippen molar-refractivity contribution in [2.45, 2.75) is 31.7 Å². The van der Waals surface area contributed by atoms with Crippen LogP contribution in [0.15, 0.2) is 18.2 Å². The highest BCUT2D eigenvalue weighted by Gasteiger charge is 2.31. The maximum absolute atomic E-state index is 14.0. The fraction of sp³-hybridized carbons (Fsp3) is 0.533. The van der Waals surface area contributed by atoms with E-state index in [4.69, 9.17) is 9.84 Å². The summed E-state index contributed by atoms with van der Waals surface area (Å²) in [4.78, 5) is 14.3. The molecule has 20 heavy (non-hydrogen) atoms. The van der Waals surface area contributed by atoms with Gasteiger partial charge in [-0.3, -0.25) is 4.79 Å². The van der Waals surface area contributed by atoms with Crippen LogP contribution in [0.5, 0.6) is 5.75 Å². The molecule has 1 amide bonds. The molecule has 1 aromatic rings. The Morgan fingerprint density at radius 2 is 2.25 bits per heavy atom. The standard InChI is InChI=1S/C15H20FNO3/c1-20-13-8-3-7-12(16)14(13)15(19)17(9-4-10-18)11-5-2-6-11/h3,7-8,11,18H,2,4-6,9-10H2,1H3. The number of amides is 1. The van der Waals surface area contributed by atoms with Crippen molar-refractivity contribution in [3.8, 4) is 5.75 Å². The average Bonchev–Trinajstić information content (AvgIpc) is 2.40. The highest BCUT2D eigenvalue weighted by Crippen LogP contribution is 2.29. The van der Waals surface area contributed by atoms with E-state index in [0.29, 0.717) is 13.0 Å². The Morgan fingerprint density at radius 3 is 2.80 bits per heavy atom. The first-order chi connectivity index (χ1) is 9.69. The van der Waals surface area contributed by atoms with Crippen molar-refractivity contribution in [2.75, 3.05) is 20.3 Å². The lowest BCUT2D eigenvalue weighted by Gasteiger charge is -2.37. The van der Waals surface area contributed by atoms with Crippen molar-refractivity contribution < 1.29 is 19.0 Å². The van der Waals surface area contributed by atoms with Gasteiger partial charge in [-0.15, -0.1) is 0 Å². The van der Waals surface area contributed by atoms with E-state index >= 15 is 0 Å². The maximum Gasteiger partial charge on any atom is 0.260 e. The van der Waals surface area contributed by atoms with E-state index in [2.05, 4.69) is 0 Å². The van der Waals surface area contributed by atoms with Crippen LogP contribution in [0.3, 0.4) is 0 Å². The predicted molar refractivity (Wildman–Crippen MR) is 73.3 cm³/mol. The van der Waals surface area contributed by atoms with Gasteiger partial charge in [0.15, 0.2) is 0 Å². The Hall–Kier alpha value is -1.62. The Labute approximate surface area is 118 Å². The van der Waals surface area contributed by atoms with Gasteiger partial charge in [0.2, 0.25) is 0 Å². The molecule has 0 heterocycles. The van der Waals surface area contributed by atoms with E-state index < -0.39 is 5.82 Å². The summed E-state index contributed by atoms with van der Waals surface area (Å²) in [5.41, 5.74) is -0.0140. The first kappa shape index (κ1) is 14.8. The van der Waals surface area contributed by atoms with Crippen molar-refractivity contribution in [1.29, 1.82) is 0 Å². The summed E-state index contributed by atoms with van der Waals surface area (Å²) < 4.78 is 19.1. The third kappa shape index (κ3) is 2.93.